The summed E-state index contributed by atoms with van der Waals surface area (Å²) in [6, 6.07) is 7.34. The van der Waals surface area contributed by atoms with E-state index in [1.807, 2.05) is 12.1 Å². The number of thioether (sulfide) groups is 1. The summed E-state index contributed by atoms with van der Waals surface area (Å²) in [5.41, 5.74) is 0. The van der Waals surface area contributed by atoms with E-state index in [2.05, 4.69) is 19.2 Å². The number of hydrogen-bond donors (Lipinski definition) is 1. The van der Waals surface area contributed by atoms with Gasteiger partial charge in [0.25, 0.3) is 0 Å². The van der Waals surface area contributed by atoms with Gasteiger partial charge in [-0.3, -0.25) is 0 Å². The molecule has 96 valence electrons. The van der Waals surface area contributed by atoms with Gasteiger partial charge in [-0.2, -0.15) is 0 Å². The maximum absolute atomic E-state index is 12.7. The third kappa shape index (κ3) is 6.69. The molecule has 1 rings (SSSR count). The number of nitrogens with one attached hydrogen (secondary N) is 1. The average Bonchev–Trinajstić information content (AvgIpc) is 2.34. The maximum atomic E-state index is 12.7. The predicted molar refractivity (Wildman–Crippen MR) is 74.1 cm³/mol. The van der Waals surface area contributed by atoms with Gasteiger partial charge in [0.1, 0.15) is 5.82 Å². The van der Waals surface area contributed by atoms with Crippen molar-refractivity contribution in [3.05, 3.63) is 30.1 Å². The summed E-state index contributed by atoms with van der Waals surface area (Å²) in [5, 5.41) is 3.48. The van der Waals surface area contributed by atoms with E-state index in [9.17, 15) is 4.39 Å². The van der Waals surface area contributed by atoms with Crippen LogP contribution < -0.4 is 5.32 Å². The number of halogens is 1. The topological polar surface area (TPSA) is 12.0 Å². The quantitative estimate of drug-likeness (QED) is 0.555. The fraction of sp³-hybridized carbons (Fsp3) is 0.571. The van der Waals surface area contributed by atoms with Crippen LogP contribution in [0.15, 0.2) is 29.2 Å². The third-order valence-electron chi connectivity index (χ3n) is 2.61. The Kier molecular flexibility index (Phi) is 7.29. The Morgan fingerprint density at radius 3 is 2.65 bits per heavy atom. The minimum Gasteiger partial charge on any atom is -0.314 e. The van der Waals surface area contributed by atoms with Gasteiger partial charge in [-0.15, -0.1) is 11.8 Å². The normalized spacial score (nSPS) is 12.6. The van der Waals surface area contributed by atoms with Gasteiger partial charge in [0, 0.05) is 10.9 Å². The molecule has 0 fully saturated rings. The first-order valence-electron chi connectivity index (χ1n) is 6.34. The lowest BCUT2D eigenvalue weighted by Crippen LogP contribution is -2.26. The first kappa shape index (κ1) is 14.5. The van der Waals surface area contributed by atoms with Crippen LogP contribution >= 0.6 is 11.8 Å². The van der Waals surface area contributed by atoms with Crippen molar-refractivity contribution in [2.45, 2.75) is 44.0 Å². The molecule has 1 N–H and O–H groups in total. The second kappa shape index (κ2) is 8.54. The molecule has 0 radical (unpaired) electrons. The molecule has 0 aliphatic rings. The number of benzene rings is 1. The third-order valence-corrected chi connectivity index (χ3v) is 3.70. The minimum atomic E-state index is -0.160. The maximum Gasteiger partial charge on any atom is 0.123 e. The first-order chi connectivity index (χ1) is 8.22. The molecular formula is C14H22FNS. The summed E-state index contributed by atoms with van der Waals surface area (Å²) >= 11 is 1.80. The molecule has 0 spiro atoms. The van der Waals surface area contributed by atoms with Crippen molar-refractivity contribution in [3.8, 4) is 0 Å². The van der Waals surface area contributed by atoms with Crippen molar-refractivity contribution < 1.29 is 4.39 Å². The average molecular weight is 255 g/mol. The second-order valence-corrected chi connectivity index (χ2v) is 5.47. The standard InChI is InChI=1S/C14H22FNS/c1-3-10-16-12(2)5-4-11-17-14-8-6-13(15)7-9-14/h6-9,12,16H,3-5,10-11H2,1-2H3. The smallest absolute Gasteiger partial charge is 0.123 e. The van der Waals surface area contributed by atoms with Crippen molar-refractivity contribution in [2.24, 2.45) is 0 Å². The van der Waals surface area contributed by atoms with Crippen LogP contribution in [0.1, 0.15) is 33.1 Å². The van der Waals surface area contributed by atoms with Gasteiger partial charge >= 0.3 is 0 Å². The molecule has 0 bridgehead atoms. The lowest BCUT2D eigenvalue weighted by atomic mass is 10.2. The largest absolute Gasteiger partial charge is 0.314 e. The summed E-state index contributed by atoms with van der Waals surface area (Å²) in [7, 11) is 0. The SMILES string of the molecule is CCCNC(C)CCCSc1ccc(F)cc1. The number of rotatable bonds is 8. The van der Waals surface area contributed by atoms with Crippen molar-refractivity contribution in [1.29, 1.82) is 0 Å². The molecule has 1 atom stereocenters. The lowest BCUT2D eigenvalue weighted by molar-refractivity contribution is 0.510. The van der Waals surface area contributed by atoms with Crippen LogP contribution in [-0.4, -0.2) is 18.3 Å². The van der Waals surface area contributed by atoms with E-state index in [-0.39, 0.29) is 5.82 Å². The van der Waals surface area contributed by atoms with Crippen molar-refractivity contribution in [2.75, 3.05) is 12.3 Å². The fourth-order valence-corrected chi connectivity index (χ4v) is 2.48. The van der Waals surface area contributed by atoms with E-state index in [0.717, 1.165) is 17.2 Å². The summed E-state index contributed by atoms with van der Waals surface area (Å²) in [6.45, 7) is 5.52. The zero-order valence-electron chi connectivity index (χ0n) is 10.7. The molecule has 1 nitrogen and oxygen atoms in total. The molecule has 0 heterocycles. The van der Waals surface area contributed by atoms with Crippen LogP contribution in [-0.2, 0) is 0 Å². The molecule has 3 heteroatoms. The molecule has 0 aliphatic carbocycles. The van der Waals surface area contributed by atoms with Crippen LogP contribution in [0.4, 0.5) is 4.39 Å². The first-order valence-corrected chi connectivity index (χ1v) is 7.32. The molecule has 1 unspecified atom stereocenters. The molecule has 0 amide bonds. The highest BCUT2D eigenvalue weighted by Crippen LogP contribution is 2.19. The second-order valence-electron chi connectivity index (χ2n) is 4.30. The van der Waals surface area contributed by atoms with Gasteiger partial charge < -0.3 is 5.32 Å². The molecule has 0 saturated carbocycles. The van der Waals surface area contributed by atoms with E-state index in [1.165, 1.54) is 31.4 Å². The van der Waals surface area contributed by atoms with E-state index in [4.69, 9.17) is 0 Å². The van der Waals surface area contributed by atoms with Gasteiger partial charge in [-0.1, -0.05) is 6.92 Å². The Bertz CT molecular complexity index is 300. The van der Waals surface area contributed by atoms with E-state index in [0.29, 0.717) is 6.04 Å². The van der Waals surface area contributed by atoms with Gasteiger partial charge in [0.05, 0.1) is 0 Å². The Morgan fingerprint density at radius 1 is 1.29 bits per heavy atom. The highest BCUT2D eigenvalue weighted by atomic mass is 32.2. The summed E-state index contributed by atoms with van der Waals surface area (Å²) < 4.78 is 12.7. The van der Waals surface area contributed by atoms with Gasteiger partial charge in [0.15, 0.2) is 0 Å². The van der Waals surface area contributed by atoms with Gasteiger partial charge in [-0.25, -0.2) is 4.39 Å². The van der Waals surface area contributed by atoms with Crippen LogP contribution in [0.2, 0.25) is 0 Å². The molecular weight excluding hydrogens is 233 g/mol. The van der Waals surface area contributed by atoms with E-state index in [1.54, 1.807) is 11.8 Å². The molecule has 1 aromatic carbocycles. The van der Waals surface area contributed by atoms with E-state index < -0.39 is 0 Å². The molecule has 0 aliphatic heterocycles. The highest BCUT2D eigenvalue weighted by molar-refractivity contribution is 7.99. The zero-order chi connectivity index (χ0) is 12.5. The lowest BCUT2D eigenvalue weighted by Gasteiger charge is -2.12. The highest BCUT2D eigenvalue weighted by Gasteiger charge is 2.00. The fourth-order valence-electron chi connectivity index (χ4n) is 1.60. The Morgan fingerprint density at radius 2 is 2.00 bits per heavy atom. The van der Waals surface area contributed by atoms with Crippen LogP contribution in [0.25, 0.3) is 0 Å². The molecule has 0 aromatic heterocycles. The van der Waals surface area contributed by atoms with Crippen molar-refractivity contribution in [1.82, 2.24) is 5.32 Å². The molecule has 17 heavy (non-hydrogen) atoms. The van der Waals surface area contributed by atoms with Crippen LogP contribution in [0.5, 0.6) is 0 Å². The molecule has 0 saturated heterocycles. The van der Waals surface area contributed by atoms with Crippen LogP contribution in [0, 0.1) is 5.82 Å². The monoisotopic (exact) mass is 255 g/mol. The summed E-state index contributed by atoms with van der Waals surface area (Å²) in [6.07, 6.45) is 3.59. The van der Waals surface area contributed by atoms with Crippen molar-refractivity contribution in [3.63, 3.8) is 0 Å². The minimum absolute atomic E-state index is 0.160. The van der Waals surface area contributed by atoms with Crippen molar-refractivity contribution >= 4 is 11.8 Å². The number of hydrogen-bond acceptors (Lipinski definition) is 2. The Labute approximate surface area is 108 Å². The van der Waals surface area contributed by atoms with Gasteiger partial charge in [0.2, 0.25) is 0 Å². The van der Waals surface area contributed by atoms with E-state index >= 15 is 0 Å². The summed E-state index contributed by atoms with van der Waals surface area (Å²) in [4.78, 5) is 1.15. The Balaban J connectivity index is 2.09. The Hall–Kier alpha value is -0.540. The predicted octanol–water partition coefficient (Wildman–Crippen LogP) is 4.09. The van der Waals surface area contributed by atoms with Gasteiger partial charge in [-0.05, 0) is 62.7 Å². The summed E-state index contributed by atoms with van der Waals surface area (Å²) in [5.74, 6) is 0.941. The zero-order valence-corrected chi connectivity index (χ0v) is 11.5. The van der Waals surface area contributed by atoms with Crippen LogP contribution in [0.3, 0.4) is 0 Å². The molecule has 1 aromatic rings.